The van der Waals surface area contributed by atoms with Crippen LogP contribution in [0.2, 0.25) is 0 Å². The third kappa shape index (κ3) is 3.35. The fourth-order valence-electron chi connectivity index (χ4n) is 2.90. The Bertz CT molecular complexity index is 666. The van der Waals surface area contributed by atoms with Crippen LogP contribution in [0.5, 0.6) is 0 Å². The number of hydrogen-bond donors (Lipinski definition) is 0. The Morgan fingerprint density at radius 2 is 1.87 bits per heavy atom. The first-order chi connectivity index (χ1) is 11.1. The molecular formula is C17H22N3O2S-. The summed E-state index contributed by atoms with van der Waals surface area (Å²) in [6.45, 7) is 6.19. The van der Waals surface area contributed by atoms with Crippen molar-refractivity contribution in [3.05, 3.63) is 39.7 Å². The molecule has 1 aliphatic rings. The Labute approximate surface area is 141 Å². The van der Waals surface area contributed by atoms with Gasteiger partial charge in [-0.05, 0) is 54.1 Å². The number of benzene rings is 1. The van der Waals surface area contributed by atoms with Crippen molar-refractivity contribution in [3.63, 3.8) is 0 Å². The number of anilines is 2. The molecule has 1 aromatic carbocycles. The summed E-state index contributed by atoms with van der Waals surface area (Å²) in [6.07, 6.45) is 0. The van der Waals surface area contributed by atoms with Gasteiger partial charge in [-0.1, -0.05) is 0 Å². The lowest BCUT2D eigenvalue weighted by atomic mass is 10.0. The van der Waals surface area contributed by atoms with Gasteiger partial charge in [-0.25, -0.2) is 0 Å². The highest BCUT2D eigenvalue weighted by Gasteiger charge is 2.17. The average Bonchev–Trinajstić information content (AvgIpc) is 3.00. The SMILES string of the molecule is CON([O-])c1ccc(N2CCN(C)CC2)cc1-c1cscc1C. The Balaban J connectivity index is 2.00. The molecule has 0 radical (unpaired) electrons. The zero-order valence-electron chi connectivity index (χ0n) is 13.8. The lowest BCUT2D eigenvalue weighted by Crippen LogP contribution is -2.44. The Hall–Kier alpha value is -1.60. The molecule has 0 N–H and O–H groups in total. The Kier molecular flexibility index (Phi) is 4.87. The number of likely N-dealkylation sites (N-methyl/N-ethyl adjacent to an activating group) is 1. The minimum absolute atomic E-state index is 0.548. The predicted molar refractivity (Wildman–Crippen MR) is 97.1 cm³/mol. The van der Waals surface area contributed by atoms with Gasteiger partial charge in [0.05, 0.1) is 12.8 Å². The molecule has 124 valence electrons. The van der Waals surface area contributed by atoms with Crippen LogP contribution in [0, 0.1) is 12.1 Å². The number of piperazine rings is 1. The summed E-state index contributed by atoms with van der Waals surface area (Å²) in [7, 11) is 3.54. The topological polar surface area (TPSA) is 42.0 Å². The van der Waals surface area contributed by atoms with Crippen molar-refractivity contribution in [1.82, 2.24) is 4.90 Å². The summed E-state index contributed by atoms with van der Waals surface area (Å²) >= 11 is 1.65. The Morgan fingerprint density at radius 1 is 1.13 bits per heavy atom. The maximum Gasteiger partial charge on any atom is 0.0629 e. The van der Waals surface area contributed by atoms with E-state index >= 15 is 0 Å². The molecule has 2 aromatic rings. The van der Waals surface area contributed by atoms with E-state index in [-0.39, 0.29) is 0 Å². The quantitative estimate of drug-likeness (QED) is 0.803. The second-order valence-corrected chi connectivity index (χ2v) is 6.64. The van der Waals surface area contributed by atoms with Crippen LogP contribution in [0.3, 0.4) is 0 Å². The first-order valence-corrected chi connectivity index (χ1v) is 8.66. The van der Waals surface area contributed by atoms with Gasteiger partial charge in [0.1, 0.15) is 0 Å². The van der Waals surface area contributed by atoms with E-state index in [1.54, 1.807) is 11.3 Å². The van der Waals surface area contributed by atoms with Crippen molar-refractivity contribution < 1.29 is 4.84 Å². The van der Waals surface area contributed by atoms with Crippen LogP contribution in [-0.4, -0.2) is 45.2 Å². The zero-order chi connectivity index (χ0) is 16.4. The number of rotatable bonds is 4. The van der Waals surface area contributed by atoms with Crippen LogP contribution in [0.4, 0.5) is 11.4 Å². The molecule has 1 saturated heterocycles. The minimum atomic E-state index is 0.548. The van der Waals surface area contributed by atoms with Gasteiger partial charge in [0, 0.05) is 37.4 Å². The molecule has 6 heteroatoms. The molecule has 1 aromatic heterocycles. The standard InChI is InChI=1S/C17H22N3O2S/c1-13-11-23-12-16(13)15-10-14(4-5-17(15)20(21)22-3)19-8-6-18(2)7-9-19/h4-5,10-12H,6-9H2,1-3H3/q-1. The molecule has 0 atom stereocenters. The van der Waals surface area contributed by atoms with Gasteiger partial charge in [-0.3, -0.25) is 4.84 Å². The molecular weight excluding hydrogens is 310 g/mol. The van der Waals surface area contributed by atoms with Crippen molar-refractivity contribution in [2.75, 3.05) is 50.5 Å². The third-order valence-electron chi connectivity index (χ3n) is 4.36. The van der Waals surface area contributed by atoms with Gasteiger partial charge in [-0.15, -0.1) is 0 Å². The van der Waals surface area contributed by atoms with E-state index in [1.165, 1.54) is 12.7 Å². The second-order valence-electron chi connectivity index (χ2n) is 5.90. The van der Waals surface area contributed by atoms with Gasteiger partial charge < -0.3 is 20.2 Å². The van der Waals surface area contributed by atoms with E-state index in [9.17, 15) is 5.21 Å². The fourth-order valence-corrected chi connectivity index (χ4v) is 3.74. The van der Waals surface area contributed by atoms with E-state index in [0.29, 0.717) is 10.9 Å². The lowest BCUT2D eigenvalue weighted by molar-refractivity contribution is 0.198. The number of aryl methyl sites for hydroxylation is 1. The third-order valence-corrected chi connectivity index (χ3v) is 5.22. The molecule has 3 rings (SSSR count). The first kappa shape index (κ1) is 16.3. The van der Waals surface area contributed by atoms with Crippen molar-refractivity contribution >= 4 is 22.7 Å². The van der Waals surface area contributed by atoms with Crippen LogP contribution >= 0.6 is 11.3 Å². The first-order valence-electron chi connectivity index (χ1n) is 7.72. The van der Waals surface area contributed by atoms with E-state index in [1.807, 2.05) is 12.1 Å². The van der Waals surface area contributed by atoms with Gasteiger partial charge in [-0.2, -0.15) is 11.3 Å². The summed E-state index contributed by atoms with van der Waals surface area (Å²) in [4.78, 5) is 9.58. The molecule has 0 aliphatic carbocycles. The van der Waals surface area contributed by atoms with Crippen LogP contribution in [0.25, 0.3) is 11.1 Å². The van der Waals surface area contributed by atoms with Crippen molar-refractivity contribution in [2.45, 2.75) is 6.92 Å². The van der Waals surface area contributed by atoms with Crippen molar-refractivity contribution in [3.8, 4) is 11.1 Å². The number of hydrogen-bond acceptors (Lipinski definition) is 6. The highest BCUT2D eigenvalue weighted by Crippen LogP contribution is 2.37. The molecule has 1 aliphatic heterocycles. The maximum atomic E-state index is 12.0. The smallest absolute Gasteiger partial charge is 0.0629 e. The van der Waals surface area contributed by atoms with Crippen LogP contribution in [0.1, 0.15) is 5.56 Å². The molecule has 2 heterocycles. The van der Waals surface area contributed by atoms with E-state index in [0.717, 1.165) is 43.0 Å². The monoisotopic (exact) mass is 332 g/mol. The molecule has 5 nitrogen and oxygen atoms in total. The summed E-state index contributed by atoms with van der Waals surface area (Å²) in [5.41, 5.74) is 4.91. The molecule has 0 amide bonds. The van der Waals surface area contributed by atoms with Gasteiger partial charge in [0.25, 0.3) is 0 Å². The van der Waals surface area contributed by atoms with E-state index < -0.39 is 0 Å². The van der Waals surface area contributed by atoms with Gasteiger partial charge >= 0.3 is 0 Å². The normalized spacial score (nSPS) is 15.9. The van der Waals surface area contributed by atoms with Crippen molar-refractivity contribution in [1.29, 1.82) is 0 Å². The molecule has 23 heavy (non-hydrogen) atoms. The van der Waals surface area contributed by atoms with Crippen LogP contribution in [-0.2, 0) is 4.84 Å². The van der Waals surface area contributed by atoms with Crippen LogP contribution < -0.4 is 10.1 Å². The maximum absolute atomic E-state index is 12.0. The largest absolute Gasteiger partial charge is 0.733 e. The summed E-state index contributed by atoms with van der Waals surface area (Å²) in [5.74, 6) is 0. The summed E-state index contributed by atoms with van der Waals surface area (Å²) in [5, 5.41) is 16.8. The van der Waals surface area contributed by atoms with Gasteiger partial charge in [0.15, 0.2) is 0 Å². The van der Waals surface area contributed by atoms with Crippen molar-refractivity contribution in [2.24, 2.45) is 0 Å². The molecule has 0 spiro atoms. The summed E-state index contributed by atoms with van der Waals surface area (Å²) in [6, 6.07) is 5.98. The second kappa shape index (κ2) is 6.88. The van der Waals surface area contributed by atoms with Gasteiger partial charge in [0.2, 0.25) is 0 Å². The van der Waals surface area contributed by atoms with E-state index in [4.69, 9.17) is 4.84 Å². The van der Waals surface area contributed by atoms with Crippen LogP contribution in [0.15, 0.2) is 29.0 Å². The average molecular weight is 332 g/mol. The minimum Gasteiger partial charge on any atom is -0.733 e. The highest BCUT2D eigenvalue weighted by molar-refractivity contribution is 7.08. The fraction of sp³-hybridized carbons (Fsp3) is 0.412. The lowest BCUT2D eigenvalue weighted by Gasteiger charge is -2.35. The molecule has 0 saturated carbocycles. The number of thiophene rings is 1. The molecule has 1 fully saturated rings. The summed E-state index contributed by atoms with van der Waals surface area (Å²) < 4.78 is 0. The molecule has 0 unspecified atom stereocenters. The zero-order valence-corrected chi connectivity index (χ0v) is 14.6. The molecule has 0 bridgehead atoms. The number of nitrogens with zero attached hydrogens (tertiary/aromatic N) is 3. The highest BCUT2D eigenvalue weighted by atomic mass is 32.1. The predicted octanol–water partition coefficient (Wildman–Crippen LogP) is 3.34. The Morgan fingerprint density at radius 3 is 2.48 bits per heavy atom. The van der Waals surface area contributed by atoms with E-state index in [2.05, 4.69) is 40.6 Å².